The standard InChI is InChI=1S/C14H12FNO3/c15-11-3-1-2-9(6-11)4-5-10-7-16-8-12(13(10)17)14(18)19/h1-3,6-8H,4-5H2,(H,16,17)(H,18,19). The second-order valence-electron chi connectivity index (χ2n) is 4.16. The molecule has 0 spiro atoms. The van der Waals surface area contributed by atoms with Gasteiger partial charge in [0, 0.05) is 18.0 Å². The third-order valence-electron chi connectivity index (χ3n) is 2.82. The van der Waals surface area contributed by atoms with Crippen molar-refractivity contribution in [2.24, 2.45) is 0 Å². The Hall–Kier alpha value is -2.43. The van der Waals surface area contributed by atoms with Crippen molar-refractivity contribution in [2.45, 2.75) is 12.8 Å². The zero-order valence-electron chi connectivity index (χ0n) is 10.0. The minimum absolute atomic E-state index is 0.281. The van der Waals surface area contributed by atoms with E-state index in [0.29, 0.717) is 18.4 Å². The summed E-state index contributed by atoms with van der Waals surface area (Å²) in [5, 5.41) is 8.84. The van der Waals surface area contributed by atoms with Gasteiger partial charge in [0.1, 0.15) is 11.4 Å². The Morgan fingerprint density at radius 1 is 1.26 bits per heavy atom. The zero-order chi connectivity index (χ0) is 13.8. The summed E-state index contributed by atoms with van der Waals surface area (Å²) in [7, 11) is 0. The SMILES string of the molecule is O=C(O)c1c[nH]cc(CCc2cccc(F)c2)c1=O. The summed E-state index contributed by atoms with van der Waals surface area (Å²) >= 11 is 0. The van der Waals surface area contributed by atoms with E-state index in [4.69, 9.17) is 5.11 Å². The van der Waals surface area contributed by atoms with Crippen LogP contribution in [0.3, 0.4) is 0 Å². The highest BCUT2D eigenvalue weighted by molar-refractivity contribution is 5.87. The van der Waals surface area contributed by atoms with Crippen molar-refractivity contribution in [1.29, 1.82) is 0 Å². The fourth-order valence-corrected chi connectivity index (χ4v) is 1.85. The number of carboxylic acid groups (broad SMARTS) is 1. The molecule has 0 aliphatic heterocycles. The van der Waals surface area contributed by atoms with Crippen molar-refractivity contribution >= 4 is 5.97 Å². The largest absolute Gasteiger partial charge is 0.477 e. The van der Waals surface area contributed by atoms with Gasteiger partial charge in [-0.1, -0.05) is 12.1 Å². The maximum Gasteiger partial charge on any atom is 0.341 e. The molecule has 19 heavy (non-hydrogen) atoms. The van der Waals surface area contributed by atoms with Gasteiger partial charge in [-0.25, -0.2) is 9.18 Å². The van der Waals surface area contributed by atoms with Crippen LogP contribution >= 0.6 is 0 Å². The van der Waals surface area contributed by atoms with Crippen molar-refractivity contribution in [2.75, 3.05) is 0 Å². The van der Waals surface area contributed by atoms with Gasteiger partial charge in [0.2, 0.25) is 0 Å². The molecule has 4 nitrogen and oxygen atoms in total. The first-order valence-electron chi connectivity index (χ1n) is 5.75. The summed E-state index contributed by atoms with van der Waals surface area (Å²) in [5.41, 5.74) is 0.365. The lowest BCUT2D eigenvalue weighted by Crippen LogP contribution is -2.19. The molecule has 0 atom stereocenters. The van der Waals surface area contributed by atoms with Crippen molar-refractivity contribution in [3.05, 3.63) is 69.4 Å². The number of carbonyl (C=O) groups is 1. The Morgan fingerprint density at radius 3 is 2.74 bits per heavy atom. The van der Waals surface area contributed by atoms with Crippen molar-refractivity contribution < 1.29 is 14.3 Å². The molecule has 2 N–H and O–H groups in total. The molecule has 0 aliphatic carbocycles. The number of rotatable bonds is 4. The van der Waals surface area contributed by atoms with Gasteiger partial charge >= 0.3 is 5.97 Å². The first kappa shape index (κ1) is 13.0. The Morgan fingerprint density at radius 2 is 2.05 bits per heavy atom. The van der Waals surface area contributed by atoms with E-state index in [0.717, 1.165) is 11.8 Å². The first-order chi connectivity index (χ1) is 9.08. The predicted octanol–water partition coefficient (Wildman–Crippen LogP) is 2.00. The highest BCUT2D eigenvalue weighted by atomic mass is 19.1. The van der Waals surface area contributed by atoms with Crippen LogP contribution in [0.5, 0.6) is 0 Å². The smallest absolute Gasteiger partial charge is 0.341 e. The Bertz CT molecular complexity index is 664. The van der Waals surface area contributed by atoms with Crippen LogP contribution in [0.25, 0.3) is 0 Å². The van der Waals surface area contributed by atoms with Crippen LogP contribution in [0.2, 0.25) is 0 Å². The number of benzene rings is 1. The van der Waals surface area contributed by atoms with Gasteiger partial charge in [-0.15, -0.1) is 0 Å². The second kappa shape index (κ2) is 5.48. The van der Waals surface area contributed by atoms with Gasteiger partial charge in [-0.05, 0) is 30.5 Å². The van der Waals surface area contributed by atoms with Crippen LogP contribution in [-0.2, 0) is 12.8 Å². The second-order valence-corrected chi connectivity index (χ2v) is 4.16. The van der Waals surface area contributed by atoms with E-state index >= 15 is 0 Å². The van der Waals surface area contributed by atoms with Gasteiger partial charge in [0.15, 0.2) is 5.43 Å². The monoisotopic (exact) mass is 261 g/mol. The molecule has 0 radical (unpaired) electrons. The van der Waals surface area contributed by atoms with Crippen LogP contribution in [0, 0.1) is 5.82 Å². The van der Waals surface area contributed by atoms with Crippen LogP contribution < -0.4 is 5.43 Å². The topological polar surface area (TPSA) is 70.2 Å². The van der Waals surface area contributed by atoms with E-state index in [2.05, 4.69) is 4.98 Å². The third-order valence-corrected chi connectivity index (χ3v) is 2.82. The summed E-state index contributed by atoms with van der Waals surface area (Å²) in [4.78, 5) is 25.3. The number of nitrogens with one attached hydrogen (secondary N) is 1. The fourth-order valence-electron chi connectivity index (χ4n) is 1.85. The Labute approximate surface area is 108 Å². The van der Waals surface area contributed by atoms with Gasteiger partial charge < -0.3 is 10.1 Å². The molecule has 2 rings (SSSR count). The number of hydrogen-bond donors (Lipinski definition) is 2. The molecule has 0 fully saturated rings. The summed E-state index contributed by atoms with van der Waals surface area (Å²) in [6.45, 7) is 0. The average molecular weight is 261 g/mol. The molecule has 0 bridgehead atoms. The third kappa shape index (κ3) is 3.07. The highest BCUT2D eigenvalue weighted by Gasteiger charge is 2.11. The number of carboxylic acids is 1. The normalized spacial score (nSPS) is 10.4. The van der Waals surface area contributed by atoms with Gasteiger partial charge in [0.05, 0.1) is 0 Å². The molecule has 5 heteroatoms. The minimum atomic E-state index is -1.26. The number of pyridine rings is 1. The predicted molar refractivity (Wildman–Crippen MR) is 67.8 cm³/mol. The van der Waals surface area contributed by atoms with E-state index in [1.165, 1.54) is 18.3 Å². The molecular weight excluding hydrogens is 249 g/mol. The number of aryl methyl sites for hydroxylation is 2. The fraction of sp³-hybridized carbons (Fsp3) is 0.143. The van der Waals surface area contributed by atoms with Crippen LogP contribution in [0.1, 0.15) is 21.5 Å². The lowest BCUT2D eigenvalue weighted by atomic mass is 10.0. The maximum atomic E-state index is 13.0. The molecule has 2 aromatic rings. The van der Waals surface area contributed by atoms with E-state index < -0.39 is 11.4 Å². The van der Waals surface area contributed by atoms with E-state index in [1.807, 2.05) is 0 Å². The molecule has 1 aromatic carbocycles. The summed E-state index contributed by atoms with van der Waals surface area (Å²) in [5.74, 6) is -1.58. The van der Waals surface area contributed by atoms with Gasteiger partial charge in [-0.2, -0.15) is 0 Å². The van der Waals surface area contributed by atoms with Crippen LogP contribution in [0.15, 0.2) is 41.5 Å². The number of aromatic carboxylic acids is 1. The molecule has 0 saturated heterocycles. The number of H-pyrrole nitrogens is 1. The molecule has 1 aromatic heterocycles. The van der Waals surface area contributed by atoms with Gasteiger partial charge in [0.25, 0.3) is 0 Å². The van der Waals surface area contributed by atoms with Crippen molar-refractivity contribution in [1.82, 2.24) is 4.98 Å². The molecule has 0 amide bonds. The minimum Gasteiger partial charge on any atom is -0.477 e. The van der Waals surface area contributed by atoms with Crippen molar-refractivity contribution in [3.63, 3.8) is 0 Å². The molecule has 98 valence electrons. The number of aromatic amines is 1. The average Bonchev–Trinajstić information content (AvgIpc) is 2.37. The molecule has 1 heterocycles. The number of halogens is 1. The van der Waals surface area contributed by atoms with E-state index in [9.17, 15) is 14.0 Å². The summed E-state index contributed by atoms with van der Waals surface area (Å²) in [6.07, 6.45) is 3.48. The van der Waals surface area contributed by atoms with Gasteiger partial charge in [-0.3, -0.25) is 4.79 Å². The first-order valence-corrected chi connectivity index (χ1v) is 5.75. The molecule has 0 aliphatic rings. The number of aromatic nitrogens is 1. The molecule has 0 saturated carbocycles. The lowest BCUT2D eigenvalue weighted by Gasteiger charge is -2.03. The molecule has 0 unspecified atom stereocenters. The Kier molecular flexibility index (Phi) is 3.75. The van der Waals surface area contributed by atoms with E-state index in [-0.39, 0.29) is 11.4 Å². The number of hydrogen-bond acceptors (Lipinski definition) is 2. The lowest BCUT2D eigenvalue weighted by molar-refractivity contribution is 0.0695. The molecular formula is C14H12FNO3. The summed E-state index contributed by atoms with van der Waals surface area (Å²) < 4.78 is 13.0. The van der Waals surface area contributed by atoms with Crippen LogP contribution in [-0.4, -0.2) is 16.1 Å². The zero-order valence-corrected chi connectivity index (χ0v) is 10.0. The maximum absolute atomic E-state index is 13.0. The van der Waals surface area contributed by atoms with Crippen LogP contribution in [0.4, 0.5) is 4.39 Å². The van der Waals surface area contributed by atoms with Crippen molar-refractivity contribution in [3.8, 4) is 0 Å². The Balaban J connectivity index is 2.19. The summed E-state index contributed by atoms with van der Waals surface area (Å²) in [6, 6.07) is 6.11. The quantitative estimate of drug-likeness (QED) is 0.884. The highest BCUT2D eigenvalue weighted by Crippen LogP contribution is 2.07. The van der Waals surface area contributed by atoms with E-state index in [1.54, 1.807) is 12.1 Å².